The van der Waals surface area contributed by atoms with Crippen LogP contribution in [0.15, 0.2) is 67.0 Å². The fourth-order valence-electron chi connectivity index (χ4n) is 4.69. The van der Waals surface area contributed by atoms with Crippen LogP contribution in [0.1, 0.15) is 23.1 Å². The summed E-state index contributed by atoms with van der Waals surface area (Å²) in [6.45, 7) is 4.29. The van der Waals surface area contributed by atoms with E-state index in [1.54, 1.807) is 19.5 Å². The minimum Gasteiger partial charge on any atom is -0.496 e. The van der Waals surface area contributed by atoms with Crippen molar-refractivity contribution < 1.29 is 9.53 Å². The number of likely N-dealkylation sites (tertiary alicyclic amines) is 1. The first kappa shape index (κ1) is 21.1. The summed E-state index contributed by atoms with van der Waals surface area (Å²) < 4.78 is 5.61. The summed E-state index contributed by atoms with van der Waals surface area (Å²) >= 11 is 0. The molecule has 1 amide bonds. The zero-order chi connectivity index (χ0) is 21.8. The van der Waals surface area contributed by atoms with E-state index in [9.17, 15) is 4.79 Å². The SMILES string of the molecule is COc1c(C)cccc1CN1CC[C@@](Cc2cccc(-c3ccncc3)c2)(C(N)=O)C1. The third kappa shape index (κ3) is 4.47. The molecule has 0 radical (unpaired) electrons. The predicted octanol–water partition coefficient (Wildman–Crippen LogP) is 3.99. The van der Waals surface area contributed by atoms with Crippen molar-refractivity contribution in [2.24, 2.45) is 11.1 Å². The Balaban J connectivity index is 1.54. The van der Waals surface area contributed by atoms with E-state index < -0.39 is 5.41 Å². The van der Waals surface area contributed by atoms with E-state index in [0.717, 1.165) is 53.1 Å². The number of hydrogen-bond acceptors (Lipinski definition) is 4. The number of nitrogens with two attached hydrogens (primary N) is 1. The second-order valence-corrected chi connectivity index (χ2v) is 8.49. The lowest BCUT2D eigenvalue weighted by Gasteiger charge is -2.27. The van der Waals surface area contributed by atoms with Gasteiger partial charge in [0, 0.05) is 31.0 Å². The Morgan fingerprint density at radius 2 is 1.90 bits per heavy atom. The minimum absolute atomic E-state index is 0.222. The second kappa shape index (κ2) is 8.90. The molecule has 5 heteroatoms. The topological polar surface area (TPSA) is 68.4 Å². The van der Waals surface area contributed by atoms with Crippen LogP contribution in [0.2, 0.25) is 0 Å². The van der Waals surface area contributed by atoms with Crippen LogP contribution in [0.25, 0.3) is 11.1 Å². The van der Waals surface area contributed by atoms with E-state index in [-0.39, 0.29) is 5.91 Å². The van der Waals surface area contributed by atoms with Crippen LogP contribution in [0.4, 0.5) is 0 Å². The molecule has 0 bridgehead atoms. The highest BCUT2D eigenvalue weighted by molar-refractivity contribution is 5.82. The van der Waals surface area contributed by atoms with Crippen molar-refractivity contribution in [2.75, 3.05) is 20.2 Å². The maximum absolute atomic E-state index is 12.6. The van der Waals surface area contributed by atoms with Crippen molar-refractivity contribution in [2.45, 2.75) is 26.3 Å². The van der Waals surface area contributed by atoms with Crippen molar-refractivity contribution in [1.82, 2.24) is 9.88 Å². The number of benzene rings is 2. The molecule has 1 fully saturated rings. The Kier molecular flexibility index (Phi) is 6.05. The molecule has 1 aliphatic heterocycles. The van der Waals surface area contributed by atoms with E-state index in [4.69, 9.17) is 10.5 Å². The average molecular weight is 416 g/mol. The lowest BCUT2D eigenvalue weighted by Crippen LogP contribution is -2.41. The fraction of sp³-hybridized carbons (Fsp3) is 0.308. The molecular formula is C26H29N3O2. The number of primary amides is 1. The van der Waals surface area contributed by atoms with Crippen molar-refractivity contribution in [1.29, 1.82) is 0 Å². The first-order valence-corrected chi connectivity index (χ1v) is 10.6. The number of para-hydroxylation sites is 1. The number of rotatable bonds is 7. The Labute approximate surface area is 183 Å². The summed E-state index contributed by atoms with van der Waals surface area (Å²) in [5.74, 6) is 0.699. The Hall–Kier alpha value is -3.18. The molecular weight excluding hydrogens is 386 g/mol. The molecule has 0 spiro atoms. The smallest absolute Gasteiger partial charge is 0.225 e. The van der Waals surface area contributed by atoms with Gasteiger partial charge in [-0.3, -0.25) is 14.7 Å². The zero-order valence-electron chi connectivity index (χ0n) is 18.2. The number of hydrogen-bond donors (Lipinski definition) is 1. The van der Waals surface area contributed by atoms with E-state index >= 15 is 0 Å². The molecule has 0 saturated carbocycles. The molecule has 0 aliphatic carbocycles. The van der Waals surface area contributed by atoms with Gasteiger partial charge in [0.25, 0.3) is 0 Å². The molecule has 3 aromatic rings. The van der Waals surface area contributed by atoms with Gasteiger partial charge in [0.05, 0.1) is 12.5 Å². The van der Waals surface area contributed by atoms with Gasteiger partial charge in [-0.1, -0.05) is 42.5 Å². The van der Waals surface area contributed by atoms with Crippen molar-refractivity contribution in [3.8, 4) is 16.9 Å². The number of carbonyl (C=O) groups excluding carboxylic acids is 1. The average Bonchev–Trinajstić information content (AvgIpc) is 3.18. The standard InChI is InChI=1S/C26H29N3O2/c1-19-5-3-8-23(24(19)31-2)17-29-14-11-26(18-29,25(27)30)16-20-6-4-7-22(15-20)21-9-12-28-13-10-21/h3-10,12-13,15H,11,14,16-18H2,1-2H3,(H2,27,30)/t26-/m0/s1. The molecule has 2 heterocycles. The molecule has 4 rings (SSSR count). The second-order valence-electron chi connectivity index (χ2n) is 8.49. The van der Waals surface area contributed by atoms with Gasteiger partial charge in [0.1, 0.15) is 5.75 Å². The first-order valence-electron chi connectivity index (χ1n) is 10.6. The fourth-order valence-corrected chi connectivity index (χ4v) is 4.69. The van der Waals surface area contributed by atoms with Crippen LogP contribution in [-0.4, -0.2) is 36.0 Å². The van der Waals surface area contributed by atoms with Gasteiger partial charge in [0.2, 0.25) is 5.91 Å². The number of aryl methyl sites for hydroxylation is 1. The van der Waals surface area contributed by atoms with Gasteiger partial charge < -0.3 is 10.5 Å². The molecule has 2 aromatic carbocycles. The summed E-state index contributed by atoms with van der Waals surface area (Å²) in [4.78, 5) is 19.0. The van der Waals surface area contributed by atoms with Gasteiger partial charge in [-0.15, -0.1) is 0 Å². The number of aromatic nitrogens is 1. The number of pyridine rings is 1. The highest BCUT2D eigenvalue weighted by Gasteiger charge is 2.43. The molecule has 1 atom stereocenters. The van der Waals surface area contributed by atoms with Gasteiger partial charge in [-0.25, -0.2) is 0 Å². The largest absolute Gasteiger partial charge is 0.496 e. The number of carbonyl (C=O) groups is 1. The molecule has 5 nitrogen and oxygen atoms in total. The minimum atomic E-state index is -0.562. The maximum Gasteiger partial charge on any atom is 0.225 e. The van der Waals surface area contributed by atoms with Crippen molar-refractivity contribution >= 4 is 5.91 Å². The number of methoxy groups -OCH3 is 1. The normalized spacial score (nSPS) is 18.8. The van der Waals surface area contributed by atoms with E-state index in [0.29, 0.717) is 13.0 Å². The Morgan fingerprint density at radius 3 is 2.65 bits per heavy atom. The summed E-state index contributed by atoms with van der Waals surface area (Å²) in [5, 5.41) is 0. The number of ether oxygens (including phenoxy) is 1. The molecule has 31 heavy (non-hydrogen) atoms. The third-order valence-corrected chi connectivity index (χ3v) is 6.33. The van der Waals surface area contributed by atoms with Crippen LogP contribution < -0.4 is 10.5 Å². The summed E-state index contributed by atoms with van der Waals surface area (Å²) in [5.41, 5.74) is 11.0. The molecule has 1 saturated heterocycles. The first-order chi connectivity index (χ1) is 15.0. The quantitative estimate of drug-likeness (QED) is 0.634. The Morgan fingerprint density at radius 1 is 1.13 bits per heavy atom. The predicted molar refractivity (Wildman–Crippen MR) is 123 cm³/mol. The van der Waals surface area contributed by atoms with Crippen molar-refractivity contribution in [3.63, 3.8) is 0 Å². The highest BCUT2D eigenvalue weighted by Crippen LogP contribution is 2.36. The van der Waals surface area contributed by atoms with E-state index in [1.165, 1.54) is 0 Å². The monoisotopic (exact) mass is 415 g/mol. The zero-order valence-corrected chi connectivity index (χ0v) is 18.2. The van der Waals surface area contributed by atoms with Gasteiger partial charge in [0.15, 0.2) is 0 Å². The highest BCUT2D eigenvalue weighted by atomic mass is 16.5. The molecule has 0 unspecified atom stereocenters. The molecule has 2 N–H and O–H groups in total. The van der Waals surface area contributed by atoms with Gasteiger partial charge >= 0.3 is 0 Å². The molecule has 160 valence electrons. The van der Waals surface area contributed by atoms with Crippen LogP contribution in [0, 0.1) is 12.3 Å². The van der Waals surface area contributed by atoms with Gasteiger partial charge in [-0.05, 0) is 60.7 Å². The van der Waals surface area contributed by atoms with Crippen LogP contribution >= 0.6 is 0 Å². The number of amides is 1. The van der Waals surface area contributed by atoms with Crippen LogP contribution in [0.5, 0.6) is 5.75 Å². The molecule has 1 aliphatic rings. The maximum atomic E-state index is 12.6. The van der Waals surface area contributed by atoms with E-state index in [1.807, 2.05) is 18.2 Å². The number of nitrogens with zero attached hydrogens (tertiary/aromatic N) is 2. The summed E-state index contributed by atoms with van der Waals surface area (Å²) in [7, 11) is 1.71. The Bertz CT molecular complexity index is 1070. The summed E-state index contributed by atoms with van der Waals surface area (Å²) in [6, 6.07) is 18.6. The van der Waals surface area contributed by atoms with Crippen molar-refractivity contribution in [3.05, 3.63) is 83.7 Å². The van der Waals surface area contributed by atoms with Crippen LogP contribution in [-0.2, 0) is 17.8 Å². The van der Waals surface area contributed by atoms with Crippen LogP contribution in [0.3, 0.4) is 0 Å². The third-order valence-electron chi connectivity index (χ3n) is 6.33. The van der Waals surface area contributed by atoms with Gasteiger partial charge in [-0.2, -0.15) is 0 Å². The lowest BCUT2D eigenvalue weighted by molar-refractivity contribution is -0.127. The summed E-state index contributed by atoms with van der Waals surface area (Å²) in [6.07, 6.45) is 4.99. The molecule has 1 aromatic heterocycles. The lowest BCUT2D eigenvalue weighted by atomic mass is 9.79. The van der Waals surface area contributed by atoms with E-state index in [2.05, 4.69) is 53.2 Å².